The Morgan fingerprint density at radius 2 is 1.79 bits per heavy atom. The number of benzene rings is 2. The minimum atomic E-state index is -0.606. The van der Waals surface area contributed by atoms with Crippen LogP contribution >= 0.6 is 23.2 Å². The molecule has 2 fully saturated rings. The number of hydrogen-bond acceptors (Lipinski definition) is 4. The van der Waals surface area contributed by atoms with E-state index >= 15 is 0 Å². The molecule has 0 aromatic heterocycles. The summed E-state index contributed by atoms with van der Waals surface area (Å²) in [6.45, 7) is 9.86. The zero-order valence-electron chi connectivity index (χ0n) is 23.7. The molecule has 0 N–H and O–H groups in total. The summed E-state index contributed by atoms with van der Waals surface area (Å²) in [4.78, 5) is 32.1. The van der Waals surface area contributed by atoms with Gasteiger partial charge in [0.15, 0.2) is 5.78 Å². The molecule has 0 bridgehead atoms. The van der Waals surface area contributed by atoms with E-state index in [1.54, 1.807) is 6.07 Å². The Bertz CT molecular complexity index is 1130. The van der Waals surface area contributed by atoms with Crippen molar-refractivity contribution >= 4 is 34.9 Å². The zero-order valence-corrected chi connectivity index (χ0v) is 25.2. The molecule has 1 unspecified atom stereocenters. The van der Waals surface area contributed by atoms with Gasteiger partial charge in [-0.25, -0.2) is 0 Å². The van der Waals surface area contributed by atoms with Gasteiger partial charge in [0.25, 0.3) is 0 Å². The summed E-state index contributed by atoms with van der Waals surface area (Å²) in [5, 5.41) is 0.976. The summed E-state index contributed by atoms with van der Waals surface area (Å²) in [6, 6.07) is 15.5. The number of rotatable bonds is 10. The number of ketones is 1. The molecule has 4 rings (SSSR count). The molecule has 39 heavy (non-hydrogen) atoms. The molecule has 0 radical (unpaired) electrons. The zero-order chi connectivity index (χ0) is 28.2. The van der Waals surface area contributed by atoms with E-state index in [4.69, 9.17) is 27.9 Å². The maximum atomic E-state index is 14.1. The van der Waals surface area contributed by atoms with Gasteiger partial charge in [0.1, 0.15) is 6.04 Å². The number of ether oxygens (including phenoxy) is 1. The van der Waals surface area contributed by atoms with Crippen molar-refractivity contribution in [3.63, 3.8) is 0 Å². The van der Waals surface area contributed by atoms with E-state index in [0.29, 0.717) is 41.4 Å². The van der Waals surface area contributed by atoms with Crippen LogP contribution in [-0.4, -0.2) is 64.9 Å². The van der Waals surface area contributed by atoms with E-state index in [1.807, 2.05) is 43.9 Å². The van der Waals surface area contributed by atoms with Crippen molar-refractivity contribution in [1.82, 2.24) is 9.80 Å². The quantitative estimate of drug-likeness (QED) is 0.321. The van der Waals surface area contributed by atoms with Crippen molar-refractivity contribution in [1.29, 1.82) is 0 Å². The smallest absolute Gasteiger partial charge is 0.240 e. The van der Waals surface area contributed by atoms with Crippen LogP contribution in [-0.2, 0) is 27.2 Å². The van der Waals surface area contributed by atoms with E-state index in [2.05, 4.69) is 36.1 Å². The predicted molar refractivity (Wildman–Crippen MR) is 158 cm³/mol. The highest BCUT2D eigenvalue weighted by atomic mass is 35.5. The molecular formula is C32H42Cl2N2O3. The molecule has 2 aliphatic rings. The van der Waals surface area contributed by atoms with Gasteiger partial charge in [-0.1, -0.05) is 66.5 Å². The molecule has 7 heteroatoms. The summed E-state index contributed by atoms with van der Waals surface area (Å²) in [7, 11) is 0. The Hall–Kier alpha value is -1.92. The van der Waals surface area contributed by atoms with E-state index in [-0.39, 0.29) is 24.3 Å². The van der Waals surface area contributed by atoms with Gasteiger partial charge in [-0.15, -0.1) is 0 Å². The largest absolute Gasteiger partial charge is 0.373 e. The van der Waals surface area contributed by atoms with Crippen molar-refractivity contribution in [3.8, 4) is 0 Å². The highest BCUT2D eigenvalue weighted by molar-refractivity contribution is 6.42. The van der Waals surface area contributed by atoms with Gasteiger partial charge >= 0.3 is 0 Å². The van der Waals surface area contributed by atoms with Gasteiger partial charge in [-0.2, -0.15) is 0 Å². The highest BCUT2D eigenvalue weighted by Gasteiger charge is 2.45. The fourth-order valence-corrected chi connectivity index (χ4v) is 6.21. The van der Waals surface area contributed by atoms with Gasteiger partial charge in [0.2, 0.25) is 5.91 Å². The first-order valence-electron chi connectivity index (χ1n) is 14.2. The molecular weight excluding hydrogens is 531 g/mol. The maximum absolute atomic E-state index is 14.1. The van der Waals surface area contributed by atoms with Crippen molar-refractivity contribution in [3.05, 3.63) is 69.7 Å². The summed E-state index contributed by atoms with van der Waals surface area (Å²) in [5.74, 6) is 0.554. The monoisotopic (exact) mass is 572 g/mol. The predicted octanol–water partition coefficient (Wildman–Crippen LogP) is 6.62. The molecule has 2 saturated heterocycles. The second-order valence-electron chi connectivity index (χ2n) is 12.2. The van der Waals surface area contributed by atoms with Crippen molar-refractivity contribution in [2.45, 2.75) is 89.9 Å². The topological polar surface area (TPSA) is 49.9 Å². The minimum Gasteiger partial charge on any atom is -0.373 e. The molecule has 0 saturated carbocycles. The summed E-state index contributed by atoms with van der Waals surface area (Å²) >= 11 is 12.3. The standard InChI is InChI=1S/C32H42Cl2N2O3/c1-22-18-28-31(38)35(17-16-25(36(28)20-22)13-10-23-8-6-5-7-9-23)29(21-39-32(2,3)4)30(37)15-12-24-11-14-26(33)27(34)19-24/h5-9,11,14,19,22,25,28-29H,10,12-13,15-18,20-21H2,1-4H3/t22-,25?,28+,29-/m1/s1. The molecule has 2 aromatic carbocycles. The lowest BCUT2D eigenvalue weighted by Gasteiger charge is -2.34. The van der Waals surface area contributed by atoms with Crippen molar-refractivity contribution in [2.75, 3.05) is 19.7 Å². The second kappa shape index (κ2) is 13.2. The van der Waals surface area contributed by atoms with Gasteiger partial charge < -0.3 is 9.64 Å². The highest BCUT2D eigenvalue weighted by Crippen LogP contribution is 2.33. The van der Waals surface area contributed by atoms with E-state index in [9.17, 15) is 9.59 Å². The van der Waals surface area contributed by atoms with Gasteiger partial charge in [0, 0.05) is 25.6 Å². The minimum absolute atomic E-state index is 0.0269. The summed E-state index contributed by atoms with van der Waals surface area (Å²) in [5.41, 5.74) is 1.86. The number of halogens is 2. The Labute approximate surface area is 243 Å². The Kier molecular flexibility index (Phi) is 10.1. The molecule has 2 aliphatic heterocycles. The van der Waals surface area contributed by atoms with Crippen LogP contribution in [0, 0.1) is 5.92 Å². The number of fused-ring (bicyclic) bond motifs is 1. The number of hydrogen-bond donors (Lipinski definition) is 0. The van der Waals surface area contributed by atoms with Crippen LogP contribution in [0.3, 0.4) is 0 Å². The molecule has 1 amide bonds. The lowest BCUT2D eigenvalue weighted by Crippen LogP contribution is -2.53. The van der Waals surface area contributed by atoms with E-state index in [0.717, 1.165) is 37.8 Å². The maximum Gasteiger partial charge on any atom is 0.240 e. The molecule has 5 nitrogen and oxygen atoms in total. The van der Waals surface area contributed by atoms with Crippen LogP contribution in [0.15, 0.2) is 48.5 Å². The lowest BCUT2D eigenvalue weighted by atomic mass is 10.00. The first-order chi connectivity index (χ1) is 18.5. The number of Topliss-reactive ketones (excluding diaryl/α,β-unsaturated/α-hetero) is 1. The molecule has 212 valence electrons. The molecule has 0 spiro atoms. The van der Waals surface area contributed by atoms with Crippen molar-refractivity contribution < 1.29 is 14.3 Å². The third kappa shape index (κ3) is 8.07. The number of amides is 1. The Morgan fingerprint density at radius 1 is 1.05 bits per heavy atom. The average molecular weight is 574 g/mol. The Morgan fingerprint density at radius 3 is 2.49 bits per heavy atom. The third-order valence-electron chi connectivity index (χ3n) is 7.96. The van der Waals surface area contributed by atoms with Gasteiger partial charge in [-0.3, -0.25) is 14.5 Å². The van der Waals surface area contributed by atoms with Crippen LogP contribution in [0.5, 0.6) is 0 Å². The van der Waals surface area contributed by atoms with Crippen LogP contribution in [0.25, 0.3) is 0 Å². The molecule has 2 heterocycles. The number of carbonyl (C=O) groups excluding carboxylic acids is 2. The molecule has 4 atom stereocenters. The molecule has 2 aromatic rings. The Balaban J connectivity index is 1.52. The normalized spacial score (nSPS) is 23.0. The SMILES string of the molecule is C[C@@H]1C[C@H]2C(=O)N([C@H](COC(C)(C)C)C(=O)CCc3ccc(Cl)c(Cl)c3)CCC(CCc3ccccc3)N2C1. The first-order valence-corrected chi connectivity index (χ1v) is 15.0. The van der Waals surface area contributed by atoms with Gasteiger partial charge in [0.05, 0.1) is 28.3 Å². The van der Waals surface area contributed by atoms with E-state index in [1.165, 1.54) is 5.56 Å². The fraction of sp³-hybridized carbons (Fsp3) is 0.562. The number of carbonyl (C=O) groups is 2. The fourth-order valence-electron chi connectivity index (χ4n) is 5.89. The molecule has 0 aliphatic carbocycles. The van der Waals surface area contributed by atoms with Crippen LogP contribution in [0.1, 0.15) is 64.5 Å². The number of aryl methyl sites for hydroxylation is 2. The second-order valence-corrected chi connectivity index (χ2v) is 13.0. The van der Waals surface area contributed by atoms with Crippen LogP contribution in [0.4, 0.5) is 0 Å². The lowest BCUT2D eigenvalue weighted by molar-refractivity contribution is -0.146. The van der Waals surface area contributed by atoms with Crippen LogP contribution in [0.2, 0.25) is 10.0 Å². The number of nitrogens with zero attached hydrogens (tertiary/aromatic N) is 2. The summed E-state index contributed by atoms with van der Waals surface area (Å²) in [6.07, 6.45) is 4.52. The van der Waals surface area contributed by atoms with Crippen molar-refractivity contribution in [2.24, 2.45) is 5.92 Å². The first kappa shape index (κ1) is 30.0. The average Bonchev–Trinajstić information content (AvgIpc) is 3.23. The third-order valence-corrected chi connectivity index (χ3v) is 8.70. The summed E-state index contributed by atoms with van der Waals surface area (Å²) < 4.78 is 6.14. The van der Waals surface area contributed by atoms with Crippen LogP contribution < -0.4 is 0 Å². The van der Waals surface area contributed by atoms with E-state index < -0.39 is 11.6 Å². The van der Waals surface area contributed by atoms with Gasteiger partial charge in [-0.05, 0) is 82.1 Å².